The molecule has 1 saturated heterocycles. The minimum absolute atomic E-state index is 0.0328. The normalized spacial score (nSPS) is 34.5. The lowest BCUT2D eigenvalue weighted by molar-refractivity contribution is -0.142. The maximum Gasteiger partial charge on any atom is 0.317 e. The highest BCUT2D eigenvalue weighted by Gasteiger charge is 2.48. The van der Waals surface area contributed by atoms with Gasteiger partial charge in [-0.25, -0.2) is 4.79 Å². The van der Waals surface area contributed by atoms with E-state index in [0.29, 0.717) is 13.1 Å². The fraction of sp³-hybridized carbons (Fsp3) is 0.833. The molecule has 2 rings (SSSR count). The predicted octanol–water partition coefficient (Wildman–Crippen LogP) is 1.15. The number of carbonyl (C=O) groups excluding carboxylic acids is 1. The number of carbonyl (C=O) groups is 2. The van der Waals surface area contributed by atoms with Gasteiger partial charge in [-0.1, -0.05) is 20.8 Å². The smallest absolute Gasteiger partial charge is 0.317 e. The number of aliphatic carboxylic acids is 1. The molecule has 0 aromatic rings. The van der Waals surface area contributed by atoms with Crippen molar-refractivity contribution in [1.82, 2.24) is 10.2 Å². The Bertz CT molecular complexity index is 354. The summed E-state index contributed by atoms with van der Waals surface area (Å²) in [4.78, 5) is 24.5. The van der Waals surface area contributed by atoms with Crippen LogP contribution in [0.2, 0.25) is 0 Å². The van der Waals surface area contributed by atoms with Crippen molar-refractivity contribution in [2.24, 2.45) is 17.3 Å². The highest BCUT2D eigenvalue weighted by atomic mass is 16.4. The Morgan fingerprint density at radius 3 is 2.35 bits per heavy atom. The van der Waals surface area contributed by atoms with E-state index in [1.54, 1.807) is 4.90 Å². The molecule has 1 saturated carbocycles. The van der Waals surface area contributed by atoms with Crippen LogP contribution in [0.15, 0.2) is 0 Å². The van der Waals surface area contributed by atoms with E-state index in [2.05, 4.69) is 19.2 Å². The second-order valence-electron chi connectivity index (χ2n) is 6.02. The van der Waals surface area contributed by atoms with E-state index in [9.17, 15) is 9.59 Å². The molecule has 1 heterocycles. The standard InChI is InChI=1S/C12H20N2O3/c1-7-5-14(6-8(7)10(15)16)11(17)13-9-4-12(9,2)3/h7-9H,4-6H2,1-3H3,(H,13,17)(H,15,16)/t7-,8-,9?/m1/s1. The Morgan fingerprint density at radius 1 is 1.35 bits per heavy atom. The average molecular weight is 240 g/mol. The number of likely N-dealkylation sites (tertiary alicyclic amines) is 1. The van der Waals surface area contributed by atoms with Crippen LogP contribution in [-0.2, 0) is 4.79 Å². The topological polar surface area (TPSA) is 69.6 Å². The SMILES string of the molecule is C[C@@H]1CN(C(=O)NC2CC2(C)C)C[C@H]1C(=O)O. The number of carboxylic acid groups (broad SMARTS) is 1. The second kappa shape index (κ2) is 3.89. The van der Waals surface area contributed by atoms with Crippen LogP contribution in [0, 0.1) is 17.3 Å². The Labute approximate surface area is 101 Å². The molecular weight excluding hydrogens is 220 g/mol. The van der Waals surface area contributed by atoms with Gasteiger partial charge in [0.05, 0.1) is 5.92 Å². The molecule has 1 unspecified atom stereocenters. The molecule has 5 nitrogen and oxygen atoms in total. The van der Waals surface area contributed by atoms with Gasteiger partial charge >= 0.3 is 12.0 Å². The maximum atomic E-state index is 11.9. The highest BCUT2D eigenvalue weighted by molar-refractivity contribution is 5.78. The Balaban J connectivity index is 1.88. The van der Waals surface area contributed by atoms with Gasteiger partial charge in [-0.05, 0) is 17.8 Å². The van der Waals surface area contributed by atoms with Crippen LogP contribution in [-0.4, -0.2) is 41.1 Å². The quantitative estimate of drug-likeness (QED) is 0.760. The molecule has 2 fully saturated rings. The van der Waals surface area contributed by atoms with Crippen LogP contribution in [0.5, 0.6) is 0 Å². The van der Waals surface area contributed by atoms with Crippen LogP contribution >= 0.6 is 0 Å². The summed E-state index contributed by atoms with van der Waals surface area (Å²) < 4.78 is 0. The van der Waals surface area contributed by atoms with Crippen molar-refractivity contribution < 1.29 is 14.7 Å². The summed E-state index contributed by atoms with van der Waals surface area (Å²) in [5, 5.41) is 12.0. The van der Waals surface area contributed by atoms with Crippen molar-refractivity contribution in [2.75, 3.05) is 13.1 Å². The first-order valence-electron chi connectivity index (χ1n) is 6.09. The van der Waals surface area contributed by atoms with Crippen LogP contribution in [0.25, 0.3) is 0 Å². The van der Waals surface area contributed by atoms with Crippen LogP contribution < -0.4 is 5.32 Å². The molecule has 0 aromatic heterocycles. The van der Waals surface area contributed by atoms with Gasteiger partial charge in [0.2, 0.25) is 0 Å². The maximum absolute atomic E-state index is 11.9. The summed E-state index contributed by atoms with van der Waals surface area (Å²) in [6.07, 6.45) is 1.00. The molecule has 1 aliphatic heterocycles. The molecule has 5 heteroatoms. The number of urea groups is 1. The average Bonchev–Trinajstić information content (AvgIpc) is 2.64. The van der Waals surface area contributed by atoms with E-state index in [0.717, 1.165) is 6.42 Å². The monoisotopic (exact) mass is 240 g/mol. The first-order valence-corrected chi connectivity index (χ1v) is 6.09. The van der Waals surface area contributed by atoms with E-state index in [1.165, 1.54) is 0 Å². The fourth-order valence-corrected chi connectivity index (χ4v) is 2.41. The minimum Gasteiger partial charge on any atom is -0.481 e. The lowest BCUT2D eigenvalue weighted by Crippen LogP contribution is -2.41. The lowest BCUT2D eigenvalue weighted by Gasteiger charge is -2.17. The van der Waals surface area contributed by atoms with Crippen LogP contribution in [0.4, 0.5) is 4.79 Å². The van der Waals surface area contributed by atoms with Gasteiger partial charge in [0.25, 0.3) is 0 Å². The number of hydrogen-bond acceptors (Lipinski definition) is 2. The summed E-state index contributed by atoms with van der Waals surface area (Å²) in [6.45, 7) is 6.98. The third-order valence-corrected chi connectivity index (χ3v) is 4.03. The predicted molar refractivity (Wildman–Crippen MR) is 62.6 cm³/mol. The number of nitrogens with one attached hydrogen (secondary N) is 1. The van der Waals surface area contributed by atoms with E-state index in [1.807, 2.05) is 6.92 Å². The van der Waals surface area contributed by atoms with E-state index < -0.39 is 11.9 Å². The van der Waals surface area contributed by atoms with Gasteiger partial charge in [-0.3, -0.25) is 4.79 Å². The zero-order chi connectivity index (χ0) is 12.8. The Kier molecular flexibility index (Phi) is 2.79. The molecule has 1 aliphatic carbocycles. The van der Waals surface area contributed by atoms with Gasteiger partial charge in [0.1, 0.15) is 0 Å². The zero-order valence-electron chi connectivity index (χ0n) is 10.6. The highest BCUT2D eigenvalue weighted by Crippen LogP contribution is 2.44. The Hall–Kier alpha value is -1.26. The molecule has 3 atom stereocenters. The number of hydrogen-bond donors (Lipinski definition) is 2. The van der Waals surface area contributed by atoms with Crippen molar-refractivity contribution in [1.29, 1.82) is 0 Å². The van der Waals surface area contributed by atoms with Crippen molar-refractivity contribution in [3.8, 4) is 0 Å². The van der Waals surface area contributed by atoms with Crippen LogP contribution in [0.3, 0.4) is 0 Å². The lowest BCUT2D eigenvalue weighted by atomic mass is 9.99. The number of amides is 2. The van der Waals surface area contributed by atoms with Crippen molar-refractivity contribution in [3.05, 3.63) is 0 Å². The molecular formula is C12H20N2O3. The van der Waals surface area contributed by atoms with Crippen molar-refractivity contribution in [3.63, 3.8) is 0 Å². The van der Waals surface area contributed by atoms with Gasteiger partial charge in [0, 0.05) is 19.1 Å². The molecule has 2 amide bonds. The first kappa shape index (κ1) is 12.2. The summed E-state index contributed by atoms with van der Waals surface area (Å²) in [5.74, 6) is -1.20. The third kappa shape index (κ3) is 2.37. The number of nitrogens with zero attached hydrogens (tertiary/aromatic N) is 1. The third-order valence-electron chi connectivity index (χ3n) is 4.03. The molecule has 17 heavy (non-hydrogen) atoms. The summed E-state index contributed by atoms with van der Waals surface area (Å²) in [6, 6.07) is 0.130. The van der Waals surface area contributed by atoms with Gasteiger partial charge in [0.15, 0.2) is 0 Å². The van der Waals surface area contributed by atoms with Crippen LogP contribution in [0.1, 0.15) is 27.2 Å². The summed E-state index contributed by atoms with van der Waals surface area (Å²) in [7, 11) is 0. The second-order valence-corrected chi connectivity index (χ2v) is 6.02. The summed E-state index contributed by atoms with van der Waals surface area (Å²) >= 11 is 0. The minimum atomic E-state index is -0.806. The molecule has 0 bridgehead atoms. The zero-order valence-corrected chi connectivity index (χ0v) is 10.6. The van der Waals surface area contributed by atoms with E-state index in [-0.39, 0.29) is 23.4 Å². The largest absolute Gasteiger partial charge is 0.481 e. The summed E-state index contributed by atoms with van der Waals surface area (Å²) in [5.41, 5.74) is 0.202. The molecule has 0 aromatic carbocycles. The van der Waals surface area contributed by atoms with Crippen molar-refractivity contribution >= 4 is 12.0 Å². The van der Waals surface area contributed by atoms with Gasteiger partial charge in [-0.15, -0.1) is 0 Å². The van der Waals surface area contributed by atoms with Crippen molar-refractivity contribution in [2.45, 2.75) is 33.2 Å². The molecule has 2 aliphatic rings. The Morgan fingerprint density at radius 2 is 1.94 bits per heavy atom. The van der Waals surface area contributed by atoms with E-state index in [4.69, 9.17) is 5.11 Å². The molecule has 0 radical (unpaired) electrons. The molecule has 0 spiro atoms. The molecule has 96 valence electrons. The van der Waals surface area contributed by atoms with Gasteiger partial charge < -0.3 is 15.3 Å². The fourth-order valence-electron chi connectivity index (χ4n) is 2.41. The number of carboxylic acids is 1. The first-order chi connectivity index (χ1) is 7.81. The molecule has 2 N–H and O–H groups in total. The van der Waals surface area contributed by atoms with E-state index >= 15 is 0 Å². The van der Waals surface area contributed by atoms with Gasteiger partial charge in [-0.2, -0.15) is 0 Å². The number of rotatable bonds is 2.